The zero-order chi connectivity index (χ0) is 32.7. The molecule has 2 saturated heterocycles. The van der Waals surface area contributed by atoms with Gasteiger partial charge in [-0.1, -0.05) is 50.6 Å². The third kappa shape index (κ3) is 8.69. The maximum atomic E-state index is 14.3. The van der Waals surface area contributed by atoms with Gasteiger partial charge in [-0.3, -0.25) is 0 Å². The molecular formula is C33H47N3O9S. The molecule has 254 valence electrons. The molecule has 1 amide bonds. The van der Waals surface area contributed by atoms with E-state index in [2.05, 4.69) is 5.32 Å². The number of aliphatic hydroxyl groups excluding tert-OH is 1. The van der Waals surface area contributed by atoms with Crippen molar-refractivity contribution < 1.29 is 42.0 Å². The fourth-order valence-electron chi connectivity index (χ4n) is 6.24. The van der Waals surface area contributed by atoms with Gasteiger partial charge in [0.1, 0.15) is 19.3 Å². The molecule has 0 bridgehead atoms. The second-order valence-electron chi connectivity index (χ2n) is 13.0. The Kier molecular flexibility index (Phi) is 11.4. The van der Waals surface area contributed by atoms with Crippen molar-refractivity contribution in [1.29, 1.82) is 0 Å². The predicted octanol–water partition coefficient (Wildman–Crippen LogP) is 3.06. The van der Waals surface area contributed by atoms with Gasteiger partial charge in [-0.25, -0.2) is 13.2 Å². The summed E-state index contributed by atoms with van der Waals surface area (Å²) >= 11 is 0. The van der Waals surface area contributed by atoms with Gasteiger partial charge in [-0.2, -0.15) is 4.31 Å². The van der Waals surface area contributed by atoms with E-state index < -0.39 is 39.8 Å². The van der Waals surface area contributed by atoms with Crippen molar-refractivity contribution in [3.8, 4) is 11.5 Å². The number of hydrogen-bond acceptors (Lipinski definition) is 10. The molecule has 3 aliphatic rings. The first-order valence-electron chi connectivity index (χ1n) is 16.1. The molecule has 5 atom stereocenters. The maximum absolute atomic E-state index is 14.3. The van der Waals surface area contributed by atoms with Crippen LogP contribution in [-0.2, 0) is 30.7 Å². The SMILES string of the molecule is CC(C)(CCCCN)CN(CC(O)[C@H](Cc1ccccc1)NC(=O)OC1COC2OCCC12)S(=O)(=O)c1ccc2c(c1)OCCO2. The van der Waals surface area contributed by atoms with Crippen LogP contribution in [0.25, 0.3) is 0 Å². The fraction of sp³-hybridized carbons (Fsp3) is 0.606. The number of aliphatic hydroxyl groups is 1. The zero-order valence-corrected chi connectivity index (χ0v) is 27.5. The van der Waals surface area contributed by atoms with Gasteiger partial charge in [0.25, 0.3) is 0 Å². The summed E-state index contributed by atoms with van der Waals surface area (Å²) in [5.41, 5.74) is 6.15. The smallest absolute Gasteiger partial charge is 0.407 e. The molecule has 3 aliphatic heterocycles. The molecular weight excluding hydrogens is 614 g/mol. The lowest BCUT2D eigenvalue weighted by atomic mass is 9.87. The van der Waals surface area contributed by atoms with Crippen molar-refractivity contribution >= 4 is 16.1 Å². The van der Waals surface area contributed by atoms with Crippen LogP contribution >= 0.6 is 0 Å². The van der Waals surface area contributed by atoms with Crippen LogP contribution in [0.5, 0.6) is 11.5 Å². The van der Waals surface area contributed by atoms with Crippen molar-refractivity contribution in [1.82, 2.24) is 9.62 Å². The molecule has 2 aromatic rings. The van der Waals surface area contributed by atoms with Gasteiger partial charge >= 0.3 is 6.09 Å². The number of nitrogens with two attached hydrogens (primary N) is 1. The first-order valence-corrected chi connectivity index (χ1v) is 17.5. The summed E-state index contributed by atoms with van der Waals surface area (Å²) < 4.78 is 58.0. The summed E-state index contributed by atoms with van der Waals surface area (Å²) in [6.45, 7) is 5.91. The van der Waals surface area contributed by atoms with E-state index in [1.165, 1.54) is 16.4 Å². The predicted molar refractivity (Wildman–Crippen MR) is 170 cm³/mol. The van der Waals surface area contributed by atoms with Crippen LogP contribution in [0.4, 0.5) is 4.79 Å². The first-order chi connectivity index (χ1) is 22.1. The van der Waals surface area contributed by atoms with Crippen molar-refractivity contribution in [3.05, 3.63) is 54.1 Å². The van der Waals surface area contributed by atoms with E-state index in [4.69, 9.17) is 29.4 Å². The number of nitrogens with zero attached hydrogens (tertiary/aromatic N) is 1. The highest BCUT2D eigenvalue weighted by atomic mass is 32.2. The molecule has 46 heavy (non-hydrogen) atoms. The summed E-state index contributed by atoms with van der Waals surface area (Å²) in [5, 5.41) is 14.6. The van der Waals surface area contributed by atoms with Crippen LogP contribution in [0.1, 0.15) is 45.1 Å². The van der Waals surface area contributed by atoms with E-state index in [9.17, 15) is 18.3 Å². The minimum atomic E-state index is -4.12. The van der Waals surface area contributed by atoms with E-state index in [0.29, 0.717) is 37.9 Å². The van der Waals surface area contributed by atoms with E-state index >= 15 is 0 Å². The lowest BCUT2D eigenvalue weighted by molar-refractivity contribution is -0.0907. The van der Waals surface area contributed by atoms with Crippen molar-refractivity contribution in [2.45, 2.75) is 75.4 Å². The topological polar surface area (TPSA) is 159 Å². The second-order valence-corrected chi connectivity index (χ2v) is 14.9. The number of ether oxygens (including phenoxy) is 5. The highest BCUT2D eigenvalue weighted by molar-refractivity contribution is 7.89. The quantitative estimate of drug-likeness (QED) is 0.242. The van der Waals surface area contributed by atoms with Crippen LogP contribution in [0.2, 0.25) is 0 Å². The number of amides is 1. The number of sulfonamides is 1. The van der Waals surface area contributed by atoms with Gasteiger partial charge in [-0.05, 0) is 55.3 Å². The Hall–Kier alpha value is -2.94. The Morgan fingerprint density at radius 2 is 1.85 bits per heavy atom. The second kappa shape index (κ2) is 15.3. The van der Waals surface area contributed by atoms with Crippen LogP contribution in [-0.4, -0.2) is 94.5 Å². The van der Waals surface area contributed by atoms with Gasteiger partial charge in [0.15, 0.2) is 17.8 Å². The summed E-state index contributed by atoms with van der Waals surface area (Å²) in [7, 11) is -4.12. The van der Waals surface area contributed by atoms with Gasteiger partial charge in [-0.15, -0.1) is 0 Å². The molecule has 12 nitrogen and oxygen atoms in total. The Bertz CT molecular complexity index is 1410. The zero-order valence-electron chi connectivity index (χ0n) is 26.6. The third-order valence-electron chi connectivity index (χ3n) is 8.76. The molecule has 5 rings (SSSR count). The molecule has 0 spiro atoms. The molecule has 13 heteroatoms. The highest BCUT2D eigenvalue weighted by Crippen LogP contribution is 2.35. The summed E-state index contributed by atoms with van der Waals surface area (Å²) in [5.74, 6) is 0.788. The third-order valence-corrected chi connectivity index (χ3v) is 10.6. The molecule has 2 fully saturated rings. The van der Waals surface area contributed by atoms with Crippen molar-refractivity contribution in [3.63, 3.8) is 0 Å². The normalized spacial score (nSPS) is 22.3. The summed E-state index contributed by atoms with van der Waals surface area (Å²) in [4.78, 5) is 13.2. The van der Waals surface area contributed by atoms with Gasteiger partial charge in [0.2, 0.25) is 10.0 Å². The minimum Gasteiger partial charge on any atom is -0.486 e. The summed E-state index contributed by atoms with van der Waals surface area (Å²) in [6.07, 6.45) is 0.557. The molecule has 4 unspecified atom stereocenters. The van der Waals surface area contributed by atoms with Gasteiger partial charge in [0.05, 0.1) is 36.2 Å². The van der Waals surface area contributed by atoms with Gasteiger partial charge in [0, 0.05) is 19.2 Å². The van der Waals surface area contributed by atoms with Crippen molar-refractivity contribution in [2.24, 2.45) is 17.1 Å². The van der Waals surface area contributed by atoms with Crippen LogP contribution in [0, 0.1) is 11.3 Å². The van der Waals surface area contributed by atoms with Crippen molar-refractivity contribution in [2.75, 3.05) is 46.1 Å². The van der Waals surface area contributed by atoms with Crippen LogP contribution in [0.3, 0.4) is 0 Å². The van der Waals surface area contributed by atoms with Gasteiger partial charge < -0.3 is 39.8 Å². The Morgan fingerprint density at radius 3 is 2.61 bits per heavy atom. The maximum Gasteiger partial charge on any atom is 0.407 e. The molecule has 0 aliphatic carbocycles. The van der Waals surface area contributed by atoms with E-state index in [1.54, 1.807) is 6.07 Å². The lowest BCUT2D eigenvalue weighted by Crippen LogP contribution is -2.52. The number of fused-ring (bicyclic) bond motifs is 2. The number of rotatable bonds is 15. The number of carbonyl (C=O) groups excluding carboxylic acids is 1. The lowest BCUT2D eigenvalue weighted by Gasteiger charge is -2.35. The molecule has 4 N–H and O–H groups in total. The Labute approximate surface area is 271 Å². The molecule has 2 aromatic carbocycles. The molecule has 0 saturated carbocycles. The number of nitrogens with one attached hydrogen (secondary N) is 1. The standard InChI is InChI=1S/C33H47N3O9S/c1-33(2,13-6-7-14-34)22-36(46(39,40)24-10-11-28-29(19-24)42-17-16-41-28)20-27(37)26(18-23-8-4-3-5-9-23)35-32(38)45-30-21-44-31-25(30)12-15-43-31/h3-5,8-11,19,25-27,30-31,37H,6-7,12-18,20-22,34H2,1-2H3,(H,35,38)/t25?,26-,27?,30?,31?/m0/s1. The van der Waals surface area contributed by atoms with E-state index in [0.717, 1.165) is 31.2 Å². The first kappa shape index (κ1) is 34.4. The minimum absolute atomic E-state index is 0.0308. The average molecular weight is 662 g/mol. The fourth-order valence-corrected chi connectivity index (χ4v) is 7.91. The number of benzene rings is 2. The van der Waals surface area contributed by atoms with Crippen LogP contribution in [0.15, 0.2) is 53.4 Å². The largest absolute Gasteiger partial charge is 0.486 e. The molecule has 3 heterocycles. The number of alkyl carbamates (subject to hydrolysis) is 1. The Balaban J connectivity index is 1.38. The number of unbranched alkanes of at least 4 members (excludes halogenated alkanes) is 1. The number of hydrogen-bond donors (Lipinski definition) is 3. The van der Waals surface area contributed by atoms with Crippen LogP contribution < -0.4 is 20.5 Å². The molecule has 0 radical (unpaired) electrons. The van der Waals surface area contributed by atoms with E-state index in [1.807, 2.05) is 44.2 Å². The highest BCUT2D eigenvalue weighted by Gasteiger charge is 2.44. The monoisotopic (exact) mass is 661 g/mol. The summed E-state index contributed by atoms with van der Waals surface area (Å²) in [6, 6.07) is 13.1. The average Bonchev–Trinajstić information content (AvgIpc) is 3.66. The molecule has 0 aromatic heterocycles. The Morgan fingerprint density at radius 1 is 1.09 bits per heavy atom. The van der Waals surface area contributed by atoms with E-state index in [-0.39, 0.29) is 43.2 Å². The number of carbonyl (C=O) groups is 1.